The predicted octanol–water partition coefficient (Wildman–Crippen LogP) is -0.147. The van der Waals surface area contributed by atoms with Crippen LogP contribution >= 0.6 is 0 Å². The summed E-state index contributed by atoms with van der Waals surface area (Å²) in [5.74, 6) is -0.724. The van der Waals surface area contributed by atoms with Gasteiger partial charge >= 0.3 is 5.97 Å². The molecule has 1 rings (SSSR count). The molecule has 0 aliphatic rings. The number of aromatic amines is 1. The molecule has 0 aliphatic heterocycles. The van der Waals surface area contributed by atoms with Gasteiger partial charge in [0.2, 0.25) is 5.82 Å². The molecule has 0 spiro atoms. The number of ether oxygens (including phenoxy) is 1. The van der Waals surface area contributed by atoms with Gasteiger partial charge in [-0.25, -0.2) is 4.79 Å². The number of nitrogens with one attached hydrogen (secondary N) is 1. The molecule has 62 valence electrons. The van der Waals surface area contributed by atoms with Crippen molar-refractivity contribution in [2.45, 2.75) is 6.92 Å². The van der Waals surface area contributed by atoms with Crippen LogP contribution in [0.25, 0.3) is 0 Å². The summed E-state index contributed by atoms with van der Waals surface area (Å²) in [5, 5.41) is 14.0. The molecule has 12 heavy (non-hydrogen) atoms. The maximum absolute atomic E-state index is 10.9. The van der Waals surface area contributed by atoms with Crippen molar-refractivity contribution in [3.63, 3.8) is 0 Å². The Morgan fingerprint density at radius 2 is 2.58 bits per heavy atom. The zero-order valence-corrected chi connectivity index (χ0v) is 6.37. The summed E-state index contributed by atoms with van der Waals surface area (Å²) in [6, 6.07) is 1.68. The highest BCUT2D eigenvalue weighted by Gasteiger charge is 2.11. The molecule has 0 saturated heterocycles. The van der Waals surface area contributed by atoms with Crippen molar-refractivity contribution in [2.24, 2.45) is 0 Å². The van der Waals surface area contributed by atoms with Gasteiger partial charge in [-0.2, -0.15) is 10.2 Å². The number of nitriles is 1. The Kier molecular flexibility index (Phi) is 2.38. The molecule has 0 radical (unpaired) electrons. The van der Waals surface area contributed by atoms with Gasteiger partial charge in [-0.15, -0.1) is 5.10 Å². The van der Waals surface area contributed by atoms with E-state index in [0.29, 0.717) is 0 Å². The fraction of sp³-hybridized carbons (Fsp3) is 0.333. The Balaban J connectivity index is 2.76. The highest BCUT2D eigenvalue weighted by atomic mass is 16.5. The standard InChI is InChI=1S/C6H6N4O2/c1-2-12-6(11)5-8-4(3-7)9-10-5/h2H2,1H3,(H,8,9,10). The first-order valence-electron chi connectivity index (χ1n) is 3.27. The van der Waals surface area contributed by atoms with E-state index in [1.807, 2.05) is 0 Å². The summed E-state index contributed by atoms with van der Waals surface area (Å²) in [6.45, 7) is 1.95. The highest BCUT2D eigenvalue weighted by molar-refractivity contribution is 5.85. The van der Waals surface area contributed by atoms with E-state index >= 15 is 0 Å². The molecule has 0 saturated carbocycles. The highest BCUT2D eigenvalue weighted by Crippen LogP contribution is 1.93. The topological polar surface area (TPSA) is 91.7 Å². The number of H-pyrrole nitrogens is 1. The second-order valence-electron chi connectivity index (χ2n) is 1.84. The number of nitrogens with zero attached hydrogens (tertiary/aromatic N) is 3. The van der Waals surface area contributed by atoms with Crippen LogP contribution in [0.5, 0.6) is 0 Å². The van der Waals surface area contributed by atoms with Crippen LogP contribution in [-0.4, -0.2) is 27.8 Å². The smallest absolute Gasteiger partial charge is 0.375 e. The zero-order valence-electron chi connectivity index (χ0n) is 6.37. The van der Waals surface area contributed by atoms with Crippen LogP contribution in [0.1, 0.15) is 23.4 Å². The largest absolute Gasteiger partial charge is 0.460 e. The van der Waals surface area contributed by atoms with Crippen molar-refractivity contribution >= 4 is 5.97 Å². The average Bonchev–Trinajstić information content (AvgIpc) is 2.52. The molecule has 1 heterocycles. The Morgan fingerprint density at radius 3 is 3.08 bits per heavy atom. The minimum atomic E-state index is -0.605. The number of hydrogen-bond donors (Lipinski definition) is 1. The normalized spacial score (nSPS) is 9.00. The lowest BCUT2D eigenvalue weighted by Crippen LogP contribution is -2.06. The number of aromatic nitrogens is 3. The Labute approximate surface area is 68.2 Å². The molecule has 1 aromatic rings. The fourth-order valence-corrected chi connectivity index (χ4v) is 0.603. The van der Waals surface area contributed by atoms with Gasteiger partial charge in [0.1, 0.15) is 6.07 Å². The Bertz CT molecular complexity index is 325. The molecule has 0 aromatic carbocycles. The minimum absolute atomic E-state index is 0.0478. The van der Waals surface area contributed by atoms with Crippen LogP contribution in [0, 0.1) is 11.3 Å². The van der Waals surface area contributed by atoms with Gasteiger partial charge in [-0.05, 0) is 6.92 Å². The van der Waals surface area contributed by atoms with Crippen LogP contribution in [-0.2, 0) is 4.74 Å². The van der Waals surface area contributed by atoms with E-state index < -0.39 is 5.97 Å². The molecule has 0 atom stereocenters. The fourth-order valence-electron chi connectivity index (χ4n) is 0.603. The molecule has 0 aliphatic carbocycles. The van der Waals surface area contributed by atoms with E-state index in [2.05, 4.69) is 19.9 Å². The quantitative estimate of drug-likeness (QED) is 0.617. The average molecular weight is 166 g/mol. The van der Waals surface area contributed by atoms with E-state index in [4.69, 9.17) is 5.26 Å². The van der Waals surface area contributed by atoms with Gasteiger partial charge in [-0.3, -0.25) is 5.10 Å². The Morgan fingerprint density at radius 1 is 1.83 bits per heavy atom. The van der Waals surface area contributed by atoms with Crippen molar-refractivity contribution in [3.8, 4) is 6.07 Å². The van der Waals surface area contributed by atoms with Gasteiger partial charge in [0.25, 0.3) is 5.82 Å². The third-order valence-corrected chi connectivity index (χ3v) is 1.05. The number of carbonyl (C=O) groups excluding carboxylic acids is 1. The molecule has 0 unspecified atom stereocenters. The molecule has 0 bridgehead atoms. The molecule has 1 N–H and O–H groups in total. The first kappa shape index (κ1) is 8.20. The van der Waals surface area contributed by atoms with E-state index in [9.17, 15) is 4.79 Å². The molecule has 0 fully saturated rings. The van der Waals surface area contributed by atoms with Crippen molar-refractivity contribution in [1.82, 2.24) is 15.2 Å². The summed E-state index contributed by atoms with van der Waals surface area (Å²) in [6.07, 6.45) is 0. The number of esters is 1. The zero-order chi connectivity index (χ0) is 8.97. The van der Waals surface area contributed by atoms with Crippen LogP contribution < -0.4 is 0 Å². The van der Waals surface area contributed by atoms with Gasteiger partial charge in [-0.1, -0.05) is 0 Å². The number of carbonyl (C=O) groups is 1. The predicted molar refractivity (Wildman–Crippen MR) is 37.1 cm³/mol. The van der Waals surface area contributed by atoms with Gasteiger partial charge in [0.15, 0.2) is 0 Å². The summed E-state index contributed by atoms with van der Waals surface area (Å²) in [7, 11) is 0. The third kappa shape index (κ3) is 1.58. The lowest BCUT2D eigenvalue weighted by Gasteiger charge is -1.94. The summed E-state index contributed by atoms with van der Waals surface area (Å²) < 4.78 is 4.60. The SMILES string of the molecule is CCOC(=O)c1nc(C#N)n[nH]1. The lowest BCUT2D eigenvalue weighted by atomic mass is 10.6. The van der Waals surface area contributed by atoms with Crippen LogP contribution in [0.2, 0.25) is 0 Å². The maximum Gasteiger partial charge on any atom is 0.375 e. The monoisotopic (exact) mass is 166 g/mol. The van der Waals surface area contributed by atoms with E-state index in [1.54, 1.807) is 13.0 Å². The first-order chi connectivity index (χ1) is 5.77. The summed E-state index contributed by atoms with van der Waals surface area (Å²) in [4.78, 5) is 14.5. The molecular formula is C6H6N4O2. The van der Waals surface area contributed by atoms with Gasteiger partial charge in [0.05, 0.1) is 6.61 Å². The second kappa shape index (κ2) is 3.48. The van der Waals surface area contributed by atoms with Crippen LogP contribution in [0.3, 0.4) is 0 Å². The van der Waals surface area contributed by atoms with E-state index in [0.717, 1.165) is 0 Å². The third-order valence-electron chi connectivity index (χ3n) is 1.05. The van der Waals surface area contributed by atoms with Gasteiger partial charge < -0.3 is 4.74 Å². The number of rotatable bonds is 2. The molecule has 6 heteroatoms. The summed E-state index contributed by atoms with van der Waals surface area (Å²) >= 11 is 0. The Hall–Kier alpha value is -1.90. The molecule has 1 aromatic heterocycles. The summed E-state index contributed by atoms with van der Waals surface area (Å²) in [5.41, 5.74) is 0. The lowest BCUT2D eigenvalue weighted by molar-refractivity contribution is 0.0512. The van der Waals surface area contributed by atoms with E-state index in [1.165, 1.54) is 0 Å². The molecular weight excluding hydrogens is 160 g/mol. The second-order valence-corrected chi connectivity index (χ2v) is 1.84. The van der Waals surface area contributed by atoms with Crippen molar-refractivity contribution < 1.29 is 9.53 Å². The van der Waals surface area contributed by atoms with Gasteiger partial charge in [0, 0.05) is 0 Å². The van der Waals surface area contributed by atoms with Crippen LogP contribution in [0.4, 0.5) is 0 Å². The number of hydrogen-bond acceptors (Lipinski definition) is 5. The van der Waals surface area contributed by atoms with Crippen molar-refractivity contribution in [2.75, 3.05) is 6.61 Å². The minimum Gasteiger partial charge on any atom is -0.460 e. The maximum atomic E-state index is 10.9. The molecule has 0 amide bonds. The van der Waals surface area contributed by atoms with Crippen molar-refractivity contribution in [3.05, 3.63) is 11.6 Å². The van der Waals surface area contributed by atoms with E-state index in [-0.39, 0.29) is 18.3 Å². The first-order valence-corrected chi connectivity index (χ1v) is 3.27. The molecule has 6 nitrogen and oxygen atoms in total. The van der Waals surface area contributed by atoms with Crippen LogP contribution in [0.15, 0.2) is 0 Å². The van der Waals surface area contributed by atoms with Crippen molar-refractivity contribution in [1.29, 1.82) is 5.26 Å².